The second kappa shape index (κ2) is 6.38. The number of carbonyl (C=O) groups is 2. The fourth-order valence-corrected chi connectivity index (χ4v) is 1.38. The molecule has 0 aliphatic rings. The maximum Gasteiger partial charge on any atom is 0.416 e. The quantitative estimate of drug-likeness (QED) is 0.727. The van der Waals surface area contributed by atoms with Crippen molar-refractivity contribution in [3.8, 4) is 0 Å². The van der Waals surface area contributed by atoms with E-state index in [1.165, 1.54) is 13.0 Å². The van der Waals surface area contributed by atoms with Crippen LogP contribution in [0.1, 0.15) is 11.1 Å². The number of benzene rings is 1. The maximum absolute atomic E-state index is 12.6. The van der Waals surface area contributed by atoms with Gasteiger partial charge in [-0.2, -0.15) is 13.2 Å². The van der Waals surface area contributed by atoms with E-state index in [0.717, 1.165) is 12.1 Å². The molecule has 2 amide bonds. The van der Waals surface area contributed by atoms with Crippen molar-refractivity contribution in [2.45, 2.75) is 13.1 Å². The fraction of sp³-hybridized carbons (Fsp3) is 0.333. The Morgan fingerprint density at radius 1 is 1.25 bits per heavy atom. The predicted octanol–water partition coefficient (Wildman–Crippen LogP) is 1.03. The average Bonchev–Trinajstić information content (AvgIpc) is 2.37. The van der Waals surface area contributed by atoms with Crippen LogP contribution >= 0.6 is 0 Å². The lowest BCUT2D eigenvalue weighted by molar-refractivity contribution is -0.137. The monoisotopic (exact) mass is 289 g/mol. The van der Waals surface area contributed by atoms with Crippen molar-refractivity contribution < 1.29 is 22.8 Å². The number of amides is 2. The van der Waals surface area contributed by atoms with Gasteiger partial charge in [-0.15, -0.1) is 0 Å². The van der Waals surface area contributed by atoms with Crippen LogP contribution in [0.25, 0.3) is 0 Å². The highest BCUT2D eigenvalue weighted by Crippen LogP contribution is 2.31. The third-order valence-corrected chi connectivity index (χ3v) is 2.45. The molecular formula is C12H14F3N3O2. The number of hydrogen-bond acceptors (Lipinski definition) is 3. The van der Waals surface area contributed by atoms with Gasteiger partial charge >= 0.3 is 18.0 Å². The van der Waals surface area contributed by atoms with Gasteiger partial charge in [0.25, 0.3) is 0 Å². The van der Waals surface area contributed by atoms with Crippen LogP contribution in [-0.4, -0.2) is 24.9 Å². The fourth-order valence-electron chi connectivity index (χ4n) is 1.38. The largest absolute Gasteiger partial charge is 0.416 e. The molecule has 0 aliphatic heterocycles. The smallest absolute Gasteiger partial charge is 0.347 e. The first kappa shape index (κ1) is 16.0. The van der Waals surface area contributed by atoms with Gasteiger partial charge in [0.15, 0.2) is 0 Å². The number of alkyl halides is 3. The molecule has 0 aromatic heterocycles. The second-order valence-corrected chi connectivity index (χ2v) is 4.03. The molecule has 0 spiro atoms. The molecule has 1 rings (SSSR count). The third kappa shape index (κ3) is 4.23. The lowest BCUT2D eigenvalue weighted by atomic mass is 10.1. The molecule has 0 fully saturated rings. The van der Waals surface area contributed by atoms with E-state index in [4.69, 9.17) is 5.73 Å². The summed E-state index contributed by atoms with van der Waals surface area (Å²) >= 11 is 0. The Kier molecular flexibility index (Phi) is 5.09. The summed E-state index contributed by atoms with van der Waals surface area (Å²) in [4.78, 5) is 22.8. The summed E-state index contributed by atoms with van der Waals surface area (Å²) < 4.78 is 37.7. The van der Waals surface area contributed by atoms with Crippen LogP contribution in [0.5, 0.6) is 0 Å². The molecule has 0 radical (unpaired) electrons. The van der Waals surface area contributed by atoms with Crippen molar-refractivity contribution in [1.29, 1.82) is 0 Å². The molecule has 1 aromatic carbocycles. The minimum atomic E-state index is -4.52. The number of carbonyl (C=O) groups excluding carboxylic acids is 2. The molecule has 110 valence electrons. The van der Waals surface area contributed by atoms with Crippen LogP contribution in [-0.2, 0) is 15.8 Å². The van der Waals surface area contributed by atoms with E-state index >= 15 is 0 Å². The highest BCUT2D eigenvalue weighted by atomic mass is 19.4. The van der Waals surface area contributed by atoms with E-state index < -0.39 is 23.6 Å². The third-order valence-electron chi connectivity index (χ3n) is 2.45. The van der Waals surface area contributed by atoms with Crippen LogP contribution in [0.2, 0.25) is 0 Å². The summed E-state index contributed by atoms with van der Waals surface area (Å²) in [6.45, 7) is 1.78. The number of nitrogens with one attached hydrogen (secondary N) is 2. The summed E-state index contributed by atoms with van der Waals surface area (Å²) in [6, 6.07) is 2.90. The van der Waals surface area contributed by atoms with Crippen LogP contribution in [0.15, 0.2) is 18.2 Å². The lowest BCUT2D eigenvalue weighted by Crippen LogP contribution is -2.38. The topological polar surface area (TPSA) is 84.2 Å². The Balaban J connectivity index is 2.86. The Hall–Kier alpha value is -2.09. The van der Waals surface area contributed by atoms with E-state index in [1.807, 2.05) is 0 Å². The first-order chi connectivity index (χ1) is 9.25. The van der Waals surface area contributed by atoms with Gasteiger partial charge in [0, 0.05) is 18.8 Å². The van der Waals surface area contributed by atoms with Crippen molar-refractivity contribution in [2.75, 3.05) is 18.4 Å². The van der Waals surface area contributed by atoms with E-state index in [1.54, 1.807) is 0 Å². The summed E-state index contributed by atoms with van der Waals surface area (Å²) in [5, 5.41) is 4.36. The van der Waals surface area contributed by atoms with E-state index in [-0.39, 0.29) is 18.8 Å². The van der Waals surface area contributed by atoms with Crippen molar-refractivity contribution in [3.63, 3.8) is 0 Å². The lowest BCUT2D eigenvalue weighted by Gasteiger charge is -2.12. The minimum Gasteiger partial charge on any atom is -0.347 e. The normalized spacial score (nSPS) is 11.1. The molecular weight excluding hydrogens is 275 g/mol. The SMILES string of the molecule is Cc1ccc(C(F)(F)F)cc1NC(=O)C(=O)NCCN. The molecule has 0 bridgehead atoms. The van der Waals surface area contributed by atoms with Gasteiger partial charge in [-0.25, -0.2) is 0 Å². The van der Waals surface area contributed by atoms with Crippen LogP contribution in [0.4, 0.5) is 18.9 Å². The van der Waals surface area contributed by atoms with Gasteiger partial charge in [0.1, 0.15) is 0 Å². The van der Waals surface area contributed by atoms with Crippen molar-refractivity contribution in [1.82, 2.24) is 5.32 Å². The molecule has 1 aromatic rings. The zero-order chi connectivity index (χ0) is 15.3. The number of rotatable bonds is 3. The van der Waals surface area contributed by atoms with Crippen LogP contribution in [0.3, 0.4) is 0 Å². The van der Waals surface area contributed by atoms with Gasteiger partial charge in [-0.05, 0) is 24.6 Å². The molecule has 0 saturated heterocycles. The Bertz CT molecular complexity index is 515. The van der Waals surface area contributed by atoms with Crippen molar-refractivity contribution in [3.05, 3.63) is 29.3 Å². The Morgan fingerprint density at radius 2 is 1.90 bits per heavy atom. The number of halogens is 3. The van der Waals surface area contributed by atoms with E-state index in [0.29, 0.717) is 5.56 Å². The number of anilines is 1. The summed E-state index contributed by atoms with van der Waals surface area (Å²) in [6.07, 6.45) is -4.52. The summed E-state index contributed by atoms with van der Waals surface area (Å²) in [5.41, 5.74) is 4.60. The first-order valence-corrected chi connectivity index (χ1v) is 5.73. The molecule has 0 atom stereocenters. The van der Waals surface area contributed by atoms with Gasteiger partial charge in [-0.3, -0.25) is 9.59 Å². The predicted molar refractivity (Wildman–Crippen MR) is 66.9 cm³/mol. The molecule has 0 aliphatic carbocycles. The molecule has 8 heteroatoms. The Labute approximate surface area is 113 Å². The van der Waals surface area contributed by atoms with Crippen LogP contribution < -0.4 is 16.4 Å². The highest BCUT2D eigenvalue weighted by Gasteiger charge is 2.31. The summed E-state index contributed by atoms with van der Waals surface area (Å²) in [7, 11) is 0. The van der Waals surface area contributed by atoms with Gasteiger partial charge in [-0.1, -0.05) is 6.07 Å². The van der Waals surface area contributed by atoms with Crippen LogP contribution in [0, 0.1) is 6.92 Å². The zero-order valence-electron chi connectivity index (χ0n) is 10.7. The van der Waals surface area contributed by atoms with Gasteiger partial charge in [0.2, 0.25) is 0 Å². The van der Waals surface area contributed by atoms with Gasteiger partial charge in [0.05, 0.1) is 5.56 Å². The minimum absolute atomic E-state index is 0.0623. The average molecular weight is 289 g/mol. The highest BCUT2D eigenvalue weighted by molar-refractivity contribution is 6.39. The number of nitrogens with two attached hydrogens (primary N) is 1. The van der Waals surface area contributed by atoms with Gasteiger partial charge < -0.3 is 16.4 Å². The van der Waals surface area contributed by atoms with Crippen molar-refractivity contribution in [2.24, 2.45) is 5.73 Å². The molecule has 0 saturated carbocycles. The maximum atomic E-state index is 12.6. The Morgan fingerprint density at radius 3 is 2.45 bits per heavy atom. The molecule has 20 heavy (non-hydrogen) atoms. The summed E-state index contributed by atoms with van der Waals surface area (Å²) in [5.74, 6) is -1.99. The van der Waals surface area contributed by atoms with Crippen molar-refractivity contribution >= 4 is 17.5 Å². The zero-order valence-corrected chi connectivity index (χ0v) is 10.7. The van der Waals surface area contributed by atoms with E-state index in [9.17, 15) is 22.8 Å². The molecule has 5 nitrogen and oxygen atoms in total. The number of hydrogen-bond donors (Lipinski definition) is 3. The number of aryl methyl sites for hydroxylation is 1. The first-order valence-electron chi connectivity index (χ1n) is 5.73. The molecule has 0 unspecified atom stereocenters. The second-order valence-electron chi connectivity index (χ2n) is 4.03. The molecule has 4 N–H and O–H groups in total. The van der Waals surface area contributed by atoms with E-state index in [2.05, 4.69) is 10.6 Å². The standard InChI is InChI=1S/C12H14F3N3O2/c1-7-2-3-8(12(13,14)15)6-9(7)18-11(20)10(19)17-5-4-16/h2-3,6H,4-5,16H2,1H3,(H,17,19)(H,18,20). The molecule has 0 heterocycles.